The van der Waals surface area contributed by atoms with Crippen LogP contribution in [0.25, 0.3) is 0 Å². The van der Waals surface area contributed by atoms with Crippen molar-refractivity contribution < 1.29 is 9.21 Å². The molecule has 0 bridgehead atoms. The van der Waals surface area contributed by atoms with Gasteiger partial charge in [0, 0.05) is 6.42 Å². The number of rotatable bonds is 7. The van der Waals surface area contributed by atoms with Gasteiger partial charge in [-0.15, -0.1) is 6.58 Å². The number of unbranched alkanes of at least 4 members (excludes halogenated alkanes) is 3. The Bertz CT molecular complexity index is 328. The summed E-state index contributed by atoms with van der Waals surface area (Å²) < 4.78 is 4.86. The van der Waals surface area contributed by atoms with Gasteiger partial charge in [0.2, 0.25) is 5.22 Å². The molecule has 0 aliphatic rings. The lowest BCUT2D eigenvalue weighted by molar-refractivity contribution is 0.0979. The molecule has 0 amide bonds. The number of carbonyl (C=O) groups is 1. The fourth-order valence-corrected chi connectivity index (χ4v) is 1.60. The van der Waals surface area contributed by atoms with Crippen LogP contribution in [0.5, 0.6) is 0 Å². The first-order valence-electron chi connectivity index (χ1n) is 5.12. The summed E-state index contributed by atoms with van der Waals surface area (Å²) >= 11 is 5.70. The predicted octanol–water partition coefficient (Wildman–Crippen LogP) is 4.25. The van der Waals surface area contributed by atoms with Crippen LogP contribution in [-0.4, -0.2) is 5.78 Å². The number of Topliss-reactive ketones (excluding diaryl/α,β-unsaturated/α-hetero) is 1. The lowest BCUT2D eigenvalue weighted by Gasteiger charge is -1.98. The summed E-state index contributed by atoms with van der Waals surface area (Å²) in [6, 6.07) is 1.62. The molecule has 15 heavy (non-hydrogen) atoms. The molecule has 82 valence electrons. The Morgan fingerprint density at radius 1 is 1.47 bits per heavy atom. The quantitative estimate of drug-likeness (QED) is 0.395. The second-order valence-corrected chi connectivity index (χ2v) is 3.76. The van der Waals surface area contributed by atoms with Crippen molar-refractivity contribution in [2.75, 3.05) is 0 Å². The maximum Gasteiger partial charge on any atom is 0.203 e. The summed E-state index contributed by atoms with van der Waals surface area (Å²) in [5.74, 6) is 0.0624. The maximum atomic E-state index is 11.6. The Kier molecular flexibility index (Phi) is 5.19. The third-order valence-electron chi connectivity index (χ3n) is 2.23. The highest BCUT2D eigenvalue weighted by atomic mass is 35.5. The van der Waals surface area contributed by atoms with E-state index in [-0.39, 0.29) is 11.0 Å². The molecule has 1 aromatic rings. The molecule has 1 rings (SSSR count). The number of hydrogen-bond donors (Lipinski definition) is 0. The Morgan fingerprint density at radius 2 is 2.27 bits per heavy atom. The molecule has 0 saturated heterocycles. The number of allylic oxidation sites excluding steroid dienone is 1. The van der Waals surface area contributed by atoms with Gasteiger partial charge in [0.05, 0.1) is 11.8 Å². The molecule has 0 aliphatic carbocycles. The van der Waals surface area contributed by atoms with Crippen molar-refractivity contribution in [2.24, 2.45) is 0 Å². The van der Waals surface area contributed by atoms with Crippen molar-refractivity contribution in [2.45, 2.75) is 32.1 Å². The minimum Gasteiger partial charge on any atom is -0.452 e. The zero-order valence-corrected chi connectivity index (χ0v) is 9.43. The topological polar surface area (TPSA) is 30.2 Å². The third-order valence-corrected chi connectivity index (χ3v) is 2.52. The molecule has 0 atom stereocenters. The number of ketones is 1. The van der Waals surface area contributed by atoms with Crippen LogP contribution in [0, 0.1) is 0 Å². The zero-order chi connectivity index (χ0) is 11.1. The summed E-state index contributed by atoms with van der Waals surface area (Å²) in [5, 5.41) is 0.200. The van der Waals surface area contributed by atoms with E-state index in [0.29, 0.717) is 12.0 Å². The van der Waals surface area contributed by atoms with E-state index in [1.807, 2.05) is 6.08 Å². The first-order chi connectivity index (χ1) is 7.25. The van der Waals surface area contributed by atoms with Crippen LogP contribution < -0.4 is 0 Å². The normalized spacial score (nSPS) is 10.2. The molecule has 0 radical (unpaired) electrons. The van der Waals surface area contributed by atoms with E-state index in [0.717, 1.165) is 25.7 Å². The van der Waals surface area contributed by atoms with Gasteiger partial charge < -0.3 is 4.42 Å². The van der Waals surface area contributed by atoms with E-state index in [9.17, 15) is 4.79 Å². The van der Waals surface area contributed by atoms with Crippen molar-refractivity contribution >= 4 is 17.4 Å². The summed E-state index contributed by atoms with van der Waals surface area (Å²) in [4.78, 5) is 11.6. The van der Waals surface area contributed by atoms with E-state index >= 15 is 0 Å². The highest BCUT2D eigenvalue weighted by Gasteiger charge is 2.11. The van der Waals surface area contributed by atoms with Gasteiger partial charge in [-0.1, -0.05) is 12.5 Å². The molecular weight excluding hydrogens is 212 g/mol. The van der Waals surface area contributed by atoms with Gasteiger partial charge in [0.15, 0.2) is 5.78 Å². The number of halogens is 1. The van der Waals surface area contributed by atoms with Crippen molar-refractivity contribution in [1.29, 1.82) is 0 Å². The molecule has 0 unspecified atom stereocenters. The average molecular weight is 227 g/mol. The Balaban J connectivity index is 2.25. The minimum atomic E-state index is 0.0624. The van der Waals surface area contributed by atoms with Crippen LogP contribution in [-0.2, 0) is 0 Å². The highest BCUT2D eigenvalue weighted by molar-refractivity contribution is 6.32. The molecule has 1 aromatic heterocycles. The van der Waals surface area contributed by atoms with Gasteiger partial charge in [0.25, 0.3) is 0 Å². The monoisotopic (exact) mass is 226 g/mol. The van der Waals surface area contributed by atoms with Crippen LogP contribution in [0.3, 0.4) is 0 Å². The molecule has 2 nitrogen and oxygen atoms in total. The smallest absolute Gasteiger partial charge is 0.203 e. The molecular formula is C12H15ClO2. The van der Waals surface area contributed by atoms with Crippen LogP contribution in [0.2, 0.25) is 5.22 Å². The van der Waals surface area contributed by atoms with E-state index in [1.54, 1.807) is 6.07 Å². The average Bonchev–Trinajstić information content (AvgIpc) is 2.64. The molecule has 3 heteroatoms. The van der Waals surface area contributed by atoms with Gasteiger partial charge in [0.1, 0.15) is 0 Å². The molecule has 0 saturated carbocycles. The minimum absolute atomic E-state index is 0.0624. The number of furan rings is 1. The zero-order valence-electron chi connectivity index (χ0n) is 8.67. The van der Waals surface area contributed by atoms with Crippen LogP contribution in [0.15, 0.2) is 29.4 Å². The van der Waals surface area contributed by atoms with Crippen LogP contribution >= 0.6 is 11.6 Å². The Morgan fingerprint density at radius 3 is 2.87 bits per heavy atom. The standard InChI is InChI=1S/C12H15ClO2/c1-2-3-4-5-6-7-11(14)10-8-9-15-12(10)13/h2,8-9H,1,3-7H2. The largest absolute Gasteiger partial charge is 0.452 e. The highest BCUT2D eigenvalue weighted by Crippen LogP contribution is 2.19. The Hall–Kier alpha value is -1.02. The van der Waals surface area contributed by atoms with E-state index in [2.05, 4.69) is 6.58 Å². The number of hydrogen-bond acceptors (Lipinski definition) is 2. The lowest BCUT2D eigenvalue weighted by atomic mass is 10.1. The second-order valence-electron chi connectivity index (χ2n) is 3.42. The van der Waals surface area contributed by atoms with Crippen molar-refractivity contribution in [3.05, 3.63) is 35.8 Å². The van der Waals surface area contributed by atoms with Gasteiger partial charge in [-0.2, -0.15) is 0 Å². The van der Waals surface area contributed by atoms with Gasteiger partial charge in [-0.05, 0) is 36.9 Å². The molecule has 0 spiro atoms. The first-order valence-corrected chi connectivity index (χ1v) is 5.50. The summed E-state index contributed by atoms with van der Waals surface area (Å²) in [6.07, 6.45) is 7.93. The fourth-order valence-electron chi connectivity index (χ4n) is 1.38. The third kappa shape index (κ3) is 3.92. The SMILES string of the molecule is C=CCCCCCC(=O)c1ccoc1Cl. The van der Waals surface area contributed by atoms with E-state index in [1.165, 1.54) is 6.26 Å². The lowest BCUT2D eigenvalue weighted by Crippen LogP contribution is -1.97. The molecule has 0 fully saturated rings. The van der Waals surface area contributed by atoms with E-state index < -0.39 is 0 Å². The Labute approximate surface area is 94.9 Å². The van der Waals surface area contributed by atoms with Gasteiger partial charge in [-0.25, -0.2) is 0 Å². The van der Waals surface area contributed by atoms with Crippen LogP contribution in [0.4, 0.5) is 0 Å². The van der Waals surface area contributed by atoms with Gasteiger partial charge >= 0.3 is 0 Å². The van der Waals surface area contributed by atoms with E-state index in [4.69, 9.17) is 16.0 Å². The second kappa shape index (κ2) is 6.46. The summed E-state index contributed by atoms with van der Waals surface area (Å²) in [5.41, 5.74) is 0.500. The predicted molar refractivity (Wildman–Crippen MR) is 61.3 cm³/mol. The van der Waals surface area contributed by atoms with Gasteiger partial charge in [-0.3, -0.25) is 4.79 Å². The molecule has 0 aromatic carbocycles. The van der Waals surface area contributed by atoms with Crippen molar-refractivity contribution in [3.63, 3.8) is 0 Å². The van der Waals surface area contributed by atoms with Crippen molar-refractivity contribution in [3.8, 4) is 0 Å². The van der Waals surface area contributed by atoms with Crippen LogP contribution in [0.1, 0.15) is 42.5 Å². The number of carbonyl (C=O) groups excluding carboxylic acids is 1. The summed E-state index contributed by atoms with van der Waals surface area (Å²) in [6.45, 7) is 3.65. The first kappa shape index (κ1) is 12.1. The summed E-state index contributed by atoms with van der Waals surface area (Å²) in [7, 11) is 0. The van der Waals surface area contributed by atoms with Crippen molar-refractivity contribution in [1.82, 2.24) is 0 Å². The maximum absolute atomic E-state index is 11.6. The molecule has 0 N–H and O–H groups in total. The molecule has 0 aliphatic heterocycles. The fraction of sp³-hybridized carbons (Fsp3) is 0.417. The molecule has 1 heterocycles.